The fourth-order valence-corrected chi connectivity index (χ4v) is 3.98. The number of esters is 1. The number of fused-ring (bicyclic) bond motifs is 1. The summed E-state index contributed by atoms with van der Waals surface area (Å²) >= 11 is 0. The number of nitrogens with zero attached hydrogens (tertiary/aromatic N) is 1. The van der Waals surface area contributed by atoms with Crippen LogP contribution in [0.3, 0.4) is 0 Å². The number of hydrogen-bond acceptors (Lipinski definition) is 5. The van der Waals surface area contributed by atoms with Crippen molar-refractivity contribution in [1.82, 2.24) is 0 Å². The van der Waals surface area contributed by atoms with Gasteiger partial charge in [-0.3, -0.25) is 9.59 Å². The molecule has 0 bridgehead atoms. The van der Waals surface area contributed by atoms with Crippen molar-refractivity contribution in [2.45, 2.75) is 26.2 Å². The second-order valence-corrected chi connectivity index (χ2v) is 7.67. The molecule has 2 heterocycles. The predicted octanol–water partition coefficient (Wildman–Crippen LogP) is 3.33. The zero-order valence-electron chi connectivity index (χ0n) is 16.6. The molecule has 4 rings (SSSR count). The molecule has 0 spiro atoms. The molecule has 1 N–H and O–H groups in total. The van der Waals surface area contributed by atoms with Crippen LogP contribution in [0.15, 0.2) is 42.5 Å². The summed E-state index contributed by atoms with van der Waals surface area (Å²) in [6.45, 7) is 4.18. The Balaban J connectivity index is 1.28. The van der Waals surface area contributed by atoms with Crippen LogP contribution in [-0.4, -0.2) is 38.2 Å². The Labute approximate surface area is 170 Å². The van der Waals surface area contributed by atoms with E-state index in [2.05, 4.69) is 10.2 Å². The lowest BCUT2D eigenvalue weighted by Crippen LogP contribution is -2.31. The molecule has 6 heteroatoms. The van der Waals surface area contributed by atoms with E-state index in [-0.39, 0.29) is 25.0 Å². The summed E-state index contributed by atoms with van der Waals surface area (Å²) in [4.78, 5) is 26.9. The van der Waals surface area contributed by atoms with E-state index < -0.39 is 5.97 Å². The molecule has 2 aromatic carbocycles. The van der Waals surface area contributed by atoms with Crippen LogP contribution in [0.5, 0.6) is 5.75 Å². The van der Waals surface area contributed by atoms with Crippen molar-refractivity contribution in [3.63, 3.8) is 0 Å². The molecule has 0 saturated carbocycles. The van der Waals surface area contributed by atoms with Crippen LogP contribution >= 0.6 is 0 Å². The molecule has 2 aliphatic rings. The van der Waals surface area contributed by atoms with Gasteiger partial charge in [-0.2, -0.15) is 0 Å². The summed E-state index contributed by atoms with van der Waals surface area (Å²) in [5.74, 6) is -0.333. The summed E-state index contributed by atoms with van der Waals surface area (Å²) in [5, 5.41) is 2.81. The zero-order chi connectivity index (χ0) is 20.2. The molecular weight excluding hydrogens is 368 g/mol. The monoisotopic (exact) mass is 394 g/mol. The first-order valence-corrected chi connectivity index (χ1v) is 10.1. The van der Waals surface area contributed by atoms with Crippen LogP contribution in [0, 0.1) is 12.8 Å². The lowest BCUT2D eigenvalue weighted by Gasteiger charge is -2.23. The maximum Gasteiger partial charge on any atom is 0.313 e. The van der Waals surface area contributed by atoms with Gasteiger partial charge in [0.1, 0.15) is 12.4 Å². The van der Waals surface area contributed by atoms with E-state index in [0.717, 1.165) is 30.0 Å². The quantitative estimate of drug-likeness (QED) is 0.788. The first-order chi connectivity index (χ1) is 14.1. The number of rotatable bonds is 5. The molecule has 2 aromatic rings. The zero-order valence-corrected chi connectivity index (χ0v) is 16.6. The summed E-state index contributed by atoms with van der Waals surface area (Å²) < 4.78 is 10.8. The van der Waals surface area contributed by atoms with Crippen molar-refractivity contribution in [3.8, 4) is 5.75 Å². The fourth-order valence-electron chi connectivity index (χ4n) is 3.98. The number of hydrogen-bond donors (Lipinski definition) is 1. The van der Waals surface area contributed by atoms with Gasteiger partial charge in [-0.1, -0.05) is 18.2 Å². The Morgan fingerprint density at radius 1 is 1.17 bits per heavy atom. The van der Waals surface area contributed by atoms with Crippen LogP contribution in [0.25, 0.3) is 0 Å². The molecule has 2 aliphatic heterocycles. The Bertz CT molecular complexity index is 906. The highest BCUT2D eigenvalue weighted by Gasteiger charge is 2.27. The highest BCUT2D eigenvalue weighted by atomic mass is 16.5. The van der Waals surface area contributed by atoms with Gasteiger partial charge >= 0.3 is 5.97 Å². The first kappa shape index (κ1) is 19.3. The van der Waals surface area contributed by atoms with Crippen molar-refractivity contribution in [2.75, 3.05) is 36.5 Å². The average molecular weight is 394 g/mol. The van der Waals surface area contributed by atoms with Crippen LogP contribution in [0.4, 0.5) is 11.4 Å². The van der Waals surface area contributed by atoms with Crippen LogP contribution in [0.1, 0.15) is 24.0 Å². The van der Waals surface area contributed by atoms with E-state index in [9.17, 15) is 9.59 Å². The smallest absolute Gasteiger partial charge is 0.313 e. The number of amides is 1. The topological polar surface area (TPSA) is 67.9 Å². The molecule has 6 nitrogen and oxygen atoms in total. The van der Waals surface area contributed by atoms with Gasteiger partial charge in [0.05, 0.1) is 5.92 Å². The van der Waals surface area contributed by atoms with Gasteiger partial charge < -0.3 is 19.7 Å². The van der Waals surface area contributed by atoms with Gasteiger partial charge in [0, 0.05) is 24.5 Å². The minimum absolute atomic E-state index is 0.272. The maximum atomic E-state index is 12.3. The van der Waals surface area contributed by atoms with E-state index >= 15 is 0 Å². The third kappa shape index (κ3) is 4.53. The summed E-state index contributed by atoms with van der Waals surface area (Å²) in [7, 11) is 0. The van der Waals surface area contributed by atoms with Crippen LogP contribution in [-0.2, 0) is 20.7 Å². The normalized spacial score (nSPS) is 18.0. The number of carbonyl (C=O) groups is 2. The van der Waals surface area contributed by atoms with E-state index in [0.29, 0.717) is 12.1 Å². The van der Waals surface area contributed by atoms with E-state index in [4.69, 9.17) is 9.47 Å². The molecule has 1 saturated heterocycles. The Hall–Kier alpha value is -3.02. The molecule has 29 heavy (non-hydrogen) atoms. The van der Waals surface area contributed by atoms with Crippen LogP contribution < -0.4 is 15.0 Å². The minimum atomic E-state index is -0.407. The number of benzene rings is 2. The SMILES string of the molecule is Cc1cc(NC(=O)COC(=O)[C@@H]2COc3ccccc3C2)ccc1N1CCCC1. The molecular formula is C23H26N2O4. The van der Waals surface area contributed by atoms with Crippen molar-refractivity contribution < 1.29 is 19.1 Å². The highest BCUT2D eigenvalue weighted by Crippen LogP contribution is 2.28. The number of carbonyl (C=O) groups excluding carboxylic acids is 2. The lowest BCUT2D eigenvalue weighted by atomic mass is 9.97. The van der Waals surface area contributed by atoms with Gasteiger partial charge in [-0.15, -0.1) is 0 Å². The summed E-state index contributed by atoms with van der Waals surface area (Å²) in [5.41, 5.74) is 4.03. The van der Waals surface area contributed by atoms with Gasteiger partial charge in [-0.05, 0) is 61.6 Å². The molecule has 0 aliphatic carbocycles. The largest absolute Gasteiger partial charge is 0.492 e. The number of para-hydroxylation sites is 1. The van der Waals surface area contributed by atoms with Crippen LogP contribution in [0.2, 0.25) is 0 Å². The Morgan fingerprint density at radius 3 is 2.76 bits per heavy atom. The Morgan fingerprint density at radius 2 is 1.97 bits per heavy atom. The molecule has 1 amide bonds. The summed E-state index contributed by atoms with van der Waals surface area (Å²) in [6.07, 6.45) is 3.01. The molecule has 0 aromatic heterocycles. The number of ether oxygens (including phenoxy) is 2. The van der Waals surface area contributed by atoms with E-state index in [1.165, 1.54) is 18.5 Å². The number of aryl methyl sites for hydroxylation is 1. The molecule has 1 fully saturated rings. The van der Waals surface area contributed by atoms with Gasteiger partial charge in [0.2, 0.25) is 0 Å². The second kappa shape index (κ2) is 8.55. The minimum Gasteiger partial charge on any atom is -0.492 e. The standard InChI is InChI=1S/C23H26N2O4/c1-16-12-19(8-9-20(16)25-10-4-5-11-25)24-22(26)15-29-23(27)18-13-17-6-2-3-7-21(17)28-14-18/h2-3,6-9,12,18H,4-5,10-11,13-15H2,1H3,(H,24,26)/t18-/m0/s1. The average Bonchev–Trinajstić information content (AvgIpc) is 3.26. The number of nitrogens with one attached hydrogen (secondary N) is 1. The summed E-state index contributed by atoms with van der Waals surface area (Å²) in [6, 6.07) is 13.5. The predicted molar refractivity (Wildman–Crippen MR) is 111 cm³/mol. The third-order valence-corrected chi connectivity index (χ3v) is 5.49. The third-order valence-electron chi connectivity index (χ3n) is 5.49. The maximum absolute atomic E-state index is 12.3. The van der Waals surface area contributed by atoms with Gasteiger partial charge in [0.25, 0.3) is 5.91 Å². The molecule has 0 unspecified atom stereocenters. The highest BCUT2D eigenvalue weighted by molar-refractivity contribution is 5.93. The molecule has 152 valence electrons. The van der Waals surface area contributed by atoms with Gasteiger partial charge in [0.15, 0.2) is 6.61 Å². The van der Waals surface area contributed by atoms with Crippen molar-refractivity contribution in [1.29, 1.82) is 0 Å². The lowest BCUT2D eigenvalue weighted by molar-refractivity contribution is -0.152. The molecule has 0 radical (unpaired) electrons. The van der Waals surface area contributed by atoms with Crippen molar-refractivity contribution >= 4 is 23.3 Å². The second-order valence-electron chi connectivity index (χ2n) is 7.67. The first-order valence-electron chi connectivity index (χ1n) is 10.1. The van der Waals surface area contributed by atoms with Crippen molar-refractivity contribution in [2.24, 2.45) is 5.92 Å². The van der Waals surface area contributed by atoms with Crippen molar-refractivity contribution in [3.05, 3.63) is 53.6 Å². The molecule has 1 atom stereocenters. The van der Waals surface area contributed by atoms with Gasteiger partial charge in [-0.25, -0.2) is 0 Å². The fraction of sp³-hybridized carbons (Fsp3) is 0.391. The van der Waals surface area contributed by atoms with E-state index in [1.54, 1.807) is 0 Å². The number of anilines is 2. The Kier molecular flexibility index (Phi) is 5.69. The van der Waals surface area contributed by atoms with E-state index in [1.807, 2.05) is 49.4 Å².